The highest BCUT2D eigenvalue weighted by Gasteiger charge is 2.24. The molecule has 10 heteroatoms. The van der Waals surface area contributed by atoms with E-state index in [0.717, 1.165) is 6.07 Å². The molecule has 2 aromatic rings. The zero-order chi connectivity index (χ0) is 20.2. The molecule has 0 aliphatic carbocycles. The third-order valence-corrected chi connectivity index (χ3v) is 5.10. The van der Waals surface area contributed by atoms with Crippen molar-refractivity contribution < 1.29 is 27.6 Å². The van der Waals surface area contributed by atoms with Crippen molar-refractivity contribution in [2.24, 2.45) is 0 Å². The largest absolute Gasteiger partial charge is 0.493 e. The number of aryl methyl sites for hydroxylation is 1. The average molecular weight is 394 g/mol. The van der Waals surface area contributed by atoms with Crippen molar-refractivity contribution in [1.29, 1.82) is 0 Å². The molecule has 0 unspecified atom stereocenters. The Bertz CT molecular complexity index is 987. The van der Waals surface area contributed by atoms with E-state index < -0.39 is 26.5 Å². The van der Waals surface area contributed by atoms with E-state index in [1.807, 2.05) is 4.72 Å². The number of nitro groups is 1. The first-order chi connectivity index (χ1) is 12.7. The van der Waals surface area contributed by atoms with Gasteiger partial charge in [0.2, 0.25) is 0 Å². The third-order valence-electron chi connectivity index (χ3n) is 3.62. The summed E-state index contributed by atoms with van der Waals surface area (Å²) < 4.78 is 37.4. The lowest BCUT2D eigenvalue weighted by molar-refractivity contribution is -0.385. The summed E-state index contributed by atoms with van der Waals surface area (Å²) in [6.07, 6.45) is 0. The van der Waals surface area contributed by atoms with Crippen LogP contribution in [0.25, 0.3) is 0 Å². The summed E-state index contributed by atoms with van der Waals surface area (Å²) >= 11 is 0. The van der Waals surface area contributed by atoms with Gasteiger partial charge in [0.05, 0.1) is 23.5 Å². The lowest BCUT2D eigenvalue weighted by atomic mass is 10.2. The summed E-state index contributed by atoms with van der Waals surface area (Å²) in [5.41, 5.74) is -0.0942. The molecule has 9 nitrogen and oxygen atoms in total. The van der Waals surface area contributed by atoms with Crippen LogP contribution in [0.1, 0.15) is 22.8 Å². The zero-order valence-electron chi connectivity index (χ0n) is 14.9. The Morgan fingerprint density at radius 2 is 1.89 bits per heavy atom. The highest BCUT2D eigenvalue weighted by molar-refractivity contribution is 7.90. The molecule has 2 aromatic carbocycles. The van der Waals surface area contributed by atoms with Gasteiger partial charge in [-0.05, 0) is 37.6 Å². The number of benzene rings is 2. The predicted molar refractivity (Wildman–Crippen MR) is 96.6 cm³/mol. The molecule has 0 saturated carbocycles. The minimum atomic E-state index is -4.31. The van der Waals surface area contributed by atoms with Gasteiger partial charge in [0.25, 0.3) is 21.6 Å². The normalized spacial score (nSPS) is 10.9. The predicted octanol–water partition coefficient (Wildman–Crippen LogP) is 2.43. The van der Waals surface area contributed by atoms with Crippen LogP contribution in [0.4, 0.5) is 5.69 Å². The Labute approximate surface area is 156 Å². The van der Waals surface area contributed by atoms with Gasteiger partial charge in [-0.3, -0.25) is 14.9 Å². The molecule has 0 heterocycles. The van der Waals surface area contributed by atoms with Crippen LogP contribution in [0, 0.1) is 17.0 Å². The first-order valence-corrected chi connectivity index (χ1v) is 9.31. The van der Waals surface area contributed by atoms with E-state index in [2.05, 4.69) is 0 Å². The standard InChI is InChI=1S/C17H18N2O7S/c1-4-26-14-8-6-12(9-15(14)25-3)17(20)18-27(23,24)16-10-13(19(21)22)7-5-11(16)2/h5-10H,4H2,1-3H3,(H,18,20). The lowest BCUT2D eigenvalue weighted by Crippen LogP contribution is -2.31. The summed E-state index contributed by atoms with van der Waals surface area (Å²) in [5, 5.41) is 10.9. The van der Waals surface area contributed by atoms with Crippen LogP contribution >= 0.6 is 0 Å². The minimum Gasteiger partial charge on any atom is -0.493 e. The second-order valence-corrected chi connectivity index (χ2v) is 7.09. The van der Waals surface area contributed by atoms with Gasteiger partial charge < -0.3 is 9.47 Å². The number of hydrogen-bond donors (Lipinski definition) is 1. The Morgan fingerprint density at radius 1 is 1.19 bits per heavy atom. The van der Waals surface area contributed by atoms with Crippen LogP contribution in [0.5, 0.6) is 11.5 Å². The Hall–Kier alpha value is -3.14. The summed E-state index contributed by atoms with van der Waals surface area (Å²) in [6, 6.07) is 7.62. The summed E-state index contributed by atoms with van der Waals surface area (Å²) in [7, 11) is -2.92. The van der Waals surface area contributed by atoms with Crippen molar-refractivity contribution in [3.8, 4) is 11.5 Å². The molecule has 1 N–H and O–H groups in total. The molecular formula is C17H18N2O7S. The number of nitrogens with zero attached hydrogens (tertiary/aromatic N) is 1. The van der Waals surface area contributed by atoms with Crippen LogP contribution in [-0.4, -0.2) is 33.0 Å². The number of methoxy groups -OCH3 is 1. The molecule has 0 aromatic heterocycles. The molecular weight excluding hydrogens is 376 g/mol. The van der Waals surface area contributed by atoms with Crippen molar-refractivity contribution in [2.75, 3.05) is 13.7 Å². The molecule has 0 fully saturated rings. The van der Waals surface area contributed by atoms with E-state index in [1.54, 1.807) is 6.92 Å². The summed E-state index contributed by atoms with van der Waals surface area (Å²) in [5.74, 6) is -0.218. The number of ether oxygens (including phenoxy) is 2. The Morgan fingerprint density at radius 3 is 2.48 bits per heavy atom. The van der Waals surface area contributed by atoms with Gasteiger partial charge in [-0.2, -0.15) is 0 Å². The topological polar surface area (TPSA) is 125 Å². The summed E-state index contributed by atoms with van der Waals surface area (Å²) in [6.45, 7) is 3.65. The van der Waals surface area contributed by atoms with E-state index in [-0.39, 0.29) is 21.8 Å². The lowest BCUT2D eigenvalue weighted by Gasteiger charge is -2.12. The fourth-order valence-corrected chi connectivity index (χ4v) is 3.55. The van der Waals surface area contributed by atoms with E-state index >= 15 is 0 Å². The molecule has 1 amide bonds. The molecule has 144 valence electrons. The van der Waals surface area contributed by atoms with E-state index in [4.69, 9.17) is 9.47 Å². The van der Waals surface area contributed by atoms with Crippen molar-refractivity contribution in [3.63, 3.8) is 0 Å². The number of carbonyl (C=O) groups excluding carboxylic acids is 1. The maximum atomic E-state index is 12.5. The smallest absolute Gasteiger partial charge is 0.270 e. The van der Waals surface area contributed by atoms with Crippen molar-refractivity contribution in [1.82, 2.24) is 4.72 Å². The molecule has 0 aliphatic heterocycles. The van der Waals surface area contributed by atoms with Crippen LogP contribution < -0.4 is 14.2 Å². The van der Waals surface area contributed by atoms with Crippen LogP contribution in [-0.2, 0) is 10.0 Å². The van der Waals surface area contributed by atoms with Crippen LogP contribution in [0.15, 0.2) is 41.3 Å². The van der Waals surface area contributed by atoms with Crippen LogP contribution in [0.2, 0.25) is 0 Å². The van der Waals surface area contributed by atoms with E-state index in [9.17, 15) is 23.3 Å². The second-order valence-electron chi connectivity index (χ2n) is 5.44. The number of nitro benzene ring substituents is 1. The maximum absolute atomic E-state index is 12.5. The third kappa shape index (κ3) is 4.53. The maximum Gasteiger partial charge on any atom is 0.270 e. The fraction of sp³-hybridized carbons (Fsp3) is 0.235. The fourth-order valence-electron chi connectivity index (χ4n) is 2.31. The summed E-state index contributed by atoms with van der Waals surface area (Å²) in [4.78, 5) is 22.2. The highest BCUT2D eigenvalue weighted by atomic mass is 32.2. The van der Waals surface area contributed by atoms with E-state index in [0.29, 0.717) is 12.4 Å². The van der Waals surface area contributed by atoms with Gasteiger partial charge in [0.1, 0.15) is 0 Å². The monoisotopic (exact) mass is 394 g/mol. The molecule has 0 radical (unpaired) electrons. The van der Waals surface area contributed by atoms with Crippen molar-refractivity contribution in [3.05, 3.63) is 57.6 Å². The van der Waals surface area contributed by atoms with Gasteiger partial charge >= 0.3 is 0 Å². The average Bonchev–Trinajstić information content (AvgIpc) is 2.61. The van der Waals surface area contributed by atoms with Gasteiger partial charge in [-0.1, -0.05) is 6.07 Å². The minimum absolute atomic E-state index is 0.0296. The molecule has 2 rings (SSSR count). The van der Waals surface area contributed by atoms with E-state index in [1.165, 1.54) is 44.4 Å². The number of carbonyl (C=O) groups is 1. The first-order valence-electron chi connectivity index (χ1n) is 7.82. The first kappa shape index (κ1) is 20.2. The number of nitrogens with one attached hydrogen (secondary N) is 1. The number of rotatable bonds is 7. The van der Waals surface area contributed by atoms with Crippen molar-refractivity contribution >= 4 is 21.6 Å². The number of sulfonamides is 1. The SMILES string of the molecule is CCOc1ccc(C(=O)NS(=O)(=O)c2cc([N+](=O)[O-])ccc2C)cc1OC. The number of hydrogen-bond acceptors (Lipinski definition) is 7. The van der Waals surface area contributed by atoms with Gasteiger partial charge in [-0.15, -0.1) is 0 Å². The van der Waals surface area contributed by atoms with Gasteiger partial charge in [0, 0.05) is 17.7 Å². The van der Waals surface area contributed by atoms with Crippen molar-refractivity contribution in [2.45, 2.75) is 18.7 Å². The van der Waals surface area contributed by atoms with Gasteiger partial charge in [-0.25, -0.2) is 13.1 Å². The zero-order valence-corrected chi connectivity index (χ0v) is 15.7. The Balaban J connectivity index is 2.34. The molecule has 0 bridgehead atoms. The molecule has 0 spiro atoms. The molecule has 0 saturated heterocycles. The highest BCUT2D eigenvalue weighted by Crippen LogP contribution is 2.28. The molecule has 27 heavy (non-hydrogen) atoms. The number of amides is 1. The second kappa shape index (κ2) is 8.04. The Kier molecular flexibility index (Phi) is 6.01. The molecule has 0 atom stereocenters. The van der Waals surface area contributed by atoms with Gasteiger partial charge in [0.15, 0.2) is 11.5 Å². The van der Waals surface area contributed by atoms with Crippen LogP contribution in [0.3, 0.4) is 0 Å². The molecule has 0 aliphatic rings. The number of non-ortho nitro benzene ring substituents is 1. The quantitative estimate of drug-likeness (QED) is 0.565.